The summed E-state index contributed by atoms with van der Waals surface area (Å²) in [7, 11) is -0.727. The van der Waals surface area contributed by atoms with E-state index in [9.17, 15) is 13.7 Å². The van der Waals surface area contributed by atoms with Gasteiger partial charge < -0.3 is 10.2 Å². The molecule has 5 rings (SSSR count). The summed E-state index contributed by atoms with van der Waals surface area (Å²) >= 11 is 0. The Morgan fingerprint density at radius 3 is 2.49 bits per heavy atom. The van der Waals surface area contributed by atoms with E-state index in [-0.39, 0.29) is 18.3 Å². The average Bonchev–Trinajstić information content (AvgIpc) is 3.52. The molecular formula is C25H25F2N9O2S. The fourth-order valence-corrected chi connectivity index (χ4v) is 5.03. The lowest BCUT2D eigenvalue weighted by molar-refractivity contribution is 0.569. The van der Waals surface area contributed by atoms with Crippen LogP contribution in [-0.2, 0) is 23.3 Å². The zero-order valence-electron chi connectivity index (χ0n) is 21.6. The topological polar surface area (TPSA) is 145 Å². The maximum absolute atomic E-state index is 15.2. The first kappa shape index (κ1) is 26.2. The molecule has 0 spiro atoms. The lowest BCUT2D eigenvalue weighted by Gasteiger charge is -2.22. The fraction of sp³-hybridized carbons (Fsp3) is 0.320. The largest absolute Gasteiger partial charge is 0.323 e. The summed E-state index contributed by atoms with van der Waals surface area (Å²) in [5.74, 6) is -1.21. The predicted octanol–water partition coefficient (Wildman–Crippen LogP) is 4.05. The molecule has 4 aromatic rings. The quantitative estimate of drug-likeness (QED) is 0.330. The molecule has 0 unspecified atom stereocenters. The molecule has 39 heavy (non-hydrogen) atoms. The second-order valence-electron chi connectivity index (χ2n) is 9.50. The van der Waals surface area contributed by atoms with E-state index in [1.54, 1.807) is 24.0 Å². The Labute approximate surface area is 223 Å². The summed E-state index contributed by atoms with van der Waals surface area (Å²) in [6, 6.07) is 5.46. The van der Waals surface area contributed by atoms with Gasteiger partial charge in [0.15, 0.2) is 27.3 Å². The van der Waals surface area contributed by atoms with E-state index in [2.05, 4.69) is 31.7 Å². The monoisotopic (exact) mass is 553 g/mol. The number of benzene rings is 1. The van der Waals surface area contributed by atoms with Crippen LogP contribution in [0.5, 0.6) is 0 Å². The Bertz CT molecular complexity index is 1710. The van der Waals surface area contributed by atoms with Gasteiger partial charge in [-0.15, -0.1) is 0 Å². The van der Waals surface area contributed by atoms with Crippen LogP contribution < -0.4 is 10.2 Å². The second kappa shape index (κ2) is 9.73. The highest BCUT2D eigenvalue weighted by molar-refractivity contribution is 7.90. The van der Waals surface area contributed by atoms with Crippen molar-refractivity contribution >= 4 is 33.1 Å². The van der Waals surface area contributed by atoms with Gasteiger partial charge in [-0.1, -0.05) is 0 Å². The normalized spacial score (nSPS) is 13.4. The highest BCUT2D eigenvalue weighted by Crippen LogP contribution is 2.48. The number of hydrogen-bond acceptors (Lipinski definition) is 9. The van der Waals surface area contributed by atoms with Crippen LogP contribution in [-0.4, -0.2) is 51.7 Å². The van der Waals surface area contributed by atoms with Gasteiger partial charge in [0.25, 0.3) is 0 Å². The van der Waals surface area contributed by atoms with Gasteiger partial charge in [-0.05, 0) is 37.8 Å². The predicted molar refractivity (Wildman–Crippen MR) is 140 cm³/mol. The Morgan fingerprint density at radius 1 is 1.23 bits per heavy atom. The van der Waals surface area contributed by atoms with E-state index in [1.165, 1.54) is 7.05 Å². The summed E-state index contributed by atoms with van der Waals surface area (Å²) in [4.78, 5) is 10.0. The third-order valence-corrected chi connectivity index (χ3v) is 7.58. The number of nitriles is 1. The van der Waals surface area contributed by atoms with Crippen molar-refractivity contribution < 1.29 is 17.2 Å². The van der Waals surface area contributed by atoms with E-state index in [1.807, 2.05) is 6.92 Å². The zero-order chi connectivity index (χ0) is 28.1. The van der Waals surface area contributed by atoms with Gasteiger partial charge in [-0.2, -0.15) is 20.4 Å². The molecule has 0 bridgehead atoms. The smallest absolute Gasteiger partial charge is 0.232 e. The van der Waals surface area contributed by atoms with E-state index in [0.29, 0.717) is 28.6 Å². The Kier molecular flexibility index (Phi) is 6.55. The third-order valence-electron chi connectivity index (χ3n) is 6.49. The van der Waals surface area contributed by atoms with E-state index < -0.39 is 32.1 Å². The summed E-state index contributed by atoms with van der Waals surface area (Å²) in [5.41, 5.74) is 2.80. The maximum atomic E-state index is 15.2. The van der Waals surface area contributed by atoms with Crippen LogP contribution in [0.1, 0.15) is 35.7 Å². The van der Waals surface area contributed by atoms with Gasteiger partial charge >= 0.3 is 0 Å². The third kappa shape index (κ3) is 5.05. The van der Waals surface area contributed by atoms with Crippen molar-refractivity contribution in [1.29, 1.82) is 5.26 Å². The first-order valence-corrected chi connectivity index (χ1v) is 13.9. The molecule has 11 nitrogen and oxygen atoms in total. The fourth-order valence-electron chi connectivity index (χ4n) is 4.39. The van der Waals surface area contributed by atoms with Crippen LogP contribution in [0.15, 0.2) is 29.3 Å². The standard InChI is InChI=1S/C25H25F2N9O2S/c1-13-9-20(34-33-13)30-24-21(14-5-6-14)22(16-12-29-36(3)19(16)7-8-28)31-25(32-24)35(2)23-17(26)10-15(11-18(23)27)39(4,37)38/h9-12,14H,5-7H2,1-4H3,(H2,30,31,32,33,34). The van der Waals surface area contributed by atoms with Crippen molar-refractivity contribution in [3.05, 3.63) is 53.0 Å². The molecule has 202 valence electrons. The molecule has 1 aliphatic rings. The SMILES string of the molecule is Cc1cc(Nc2nc(N(C)c3c(F)cc(S(C)(=O)=O)cc3F)nc(-c3cnn(C)c3CC#N)c2C2CC2)n[nH]1. The number of hydrogen-bond donors (Lipinski definition) is 2. The van der Waals surface area contributed by atoms with Gasteiger partial charge in [0, 0.05) is 43.2 Å². The molecule has 3 aromatic heterocycles. The number of sulfone groups is 1. The lowest BCUT2D eigenvalue weighted by atomic mass is 10.0. The van der Waals surface area contributed by atoms with E-state index >= 15 is 8.78 Å². The first-order valence-electron chi connectivity index (χ1n) is 12.0. The van der Waals surface area contributed by atoms with Gasteiger partial charge in [0.05, 0.1) is 35.0 Å². The number of nitrogens with zero attached hydrogens (tertiary/aromatic N) is 7. The first-order chi connectivity index (χ1) is 18.5. The molecule has 1 fully saturated rings. The molecule has 2 N–H and O–H groups in total. The Morgan fingerprint density at radius 2 is 1.92 bits per heavy atom. The summed E-state index contributed by atoms with van der Waals surface area (Å²) in [5, 5.41) is 24.0. The minimum Gasteiger partial charge on any atom is -0.323 e. The summed E-state index contributed by atoms with van der Waals surface area (Å²) < 4.78 is 55.7. The second-order valence-corrected chi connectivity index (χ2v) is 11.5. The van der Waals surface area contributed by atoms with E-state index in [4.69, 9.17) is 4.98 Å². The Balaban J connectivity index is 1.72. The van der Waals surface area contributed by atoms with Gasteiger partial charge in [-0.3, -0.25) is 9.78 Å². The molecule has 14 heteroatoms. The molecule has 3 heterocycles. The number of aryl methyl sites for hydroxylation is 2. The number of anilines is 4. The number of rotatable bonds is 8. The van der Waals surface area contributed by atoms with E-state index in [0.717, 1.165) is 47.4 Å². The minimum atomic E-state index is -3.84. The van der Waals surface area contributed by atoms with Crippen LogP contribution in [0.2, 0.25) is 0 Å². The number of nitrogens with one attached hydrogen (secondary N) is 2. The molecular weight excluding hydrogens is 528 g/mol. The maximum Gasteiger partial charge on any atom is 0.232 e. The van der Waals surface area contributed by atoms with Gasteiger partial charge in [0.2, 0.25) is 5.95 Å². The van der Waals surface area contributed by atoms with Crippen molar-refractivity contribution in [2.24, 2.45) is 7.05 Å². The van der Waals surface area contributed by atoms with Crippen LogP contribution in [0.4, 0.5) is 32.1 Å². The molecule has 1 aromatic carbocycles. The highest BCUT2D eigenvalue weighted by Gasteiger charge is 2.34. The van der Waals surface area contributed by atoms with Crippen LogP contribution in [0.25, 0.3) is 11.3 Å². The molecule has 0 radical (unpaired) electrons. The van der Waals surface area contributed by atoms with Crippen molar-refractivity contribution in [3.63, 3.8) is 0 Å². The average molecular weight is 554 g/mol. The van der Waals surface area contributed by atoms with Gasteiger partial charge in [-0.25, -0.2) is 22.2 Å². The zero-order valence-corrected chi connectivity index (χ0v) is 22.4. The number of H-pyrrole nitrogens is 1. The van der Waals surface area contributed by atoms with Crippen LogP contribution in [0.3, 0.4) is 0 Å². The summed E-state index contributed by atoms with van der Waals surface area (Å²) in [6.45, 7) is 1.85. The molecule has 0 saturated heterocycles. The number of aromatic nitrogens is 6. The van der Waals surface area contributed by atoms with Crippen molar-refractivity contribution in [2.45, 2.75) is 37.0 Å². The number of halogens is 2. The molecule has 0 aliphatic heterocycles. The highest BCUT2D eigenvalue weighted by atomic mass is 32.2. The minimum absolute atomic E-state index is 0.0548. The van der Waals surface area contributed by atoms with Crippen molar-refractivity contribution in [1.82, 2.24) is 29.9 Å². The Hall–Kier alpha value is -4.38. The van der Waals surface area contributed by atoms with Crippen molar-refractivity contribution in [3.8, 4) is 17.3 Å². The van der Waals surface area contributed by atoms with Gasteiger partial charge in [0.1, 0.15) is 11.5 Å². The van der Waals surface area contributed by atoms with Crippen molar-refractivity contribution in [2.75, 3.05) is 23.5 Å². The lowest BCUT2D eigenvalue weighted by Crippen LogP contribution is -2.19. The molecule has 1 aliphatic carbocycles. The summed E-state index contributed by atoms with van der Waals surface area (Å²) in [6.07, 6.45) is 4.34. The molecule has 0 amide bonds. The number of aromatic amines is 1. The van der Waals surface area contributed by atoms with Crippen LogP contribution >= 0.6 is 0 Å². The molecule has 0 atom stereocenters. The molecule has 1 saturated carbocycles. The van der Waals surface area contributed by atoms with Crippen LogP contribution in [0, 0.1) is 29.9 Å².